The SMILES string of the molecule is C#CCOc1ccc(C23CC4CC(C2)CC(C25CC6(c7ccc(OCC#C)cc7)CC(c7ccc(OCC#C)cc7)(CC(c7ccc(OCC#C)cc7)(C6)C2)C5)(C4)C3)cc1. The number of benzene rings is 4. The third-order valence-corrected chi connectivity index (χ3v) is 16.4. The van der Waals surface area contributed by atoms with Crippen LogP contribution in [0, 0.1) is 72.0 Å². The molecule has 8 aliphatic carbocycles. The van der Waals surface area contributed by atoms with Gasteiger partial charge in [-0.15, -0.1) is 25.7 Å². The molecule has 8 fully saturated rings. The van der Waals surface area contributed by atoms with E-state index in [0.717, 1.165) is 54.1 Å². The Kier molecular flexibility index (Phi) is 9.31. The van der Waals surface area contributed by atoms with Crippen molar-refractivity contribution >= 4 is 0 Å². The second-order valence-electron chi connectivity index (χ2n) is 19.8. The number of hydrogen-bond donors (Lipinski definition) is 0. The van der Waals surface area contributed by atoms with Crippen molar-refractivity contribution in [2.45, 2.75) is 98.7 Å². The van der Waals surface area contributed by atoms with Crippen molar-refractivity contribution in [1.82, 2.24) is 0 Å². The molecule has 0 N–H and O–H groups in total. The highest BCUT2D eigenvalue weighted by Crippen LogP contribution is 2.83. The minimum atomic E-state index is -0.0524. The highest BCUT2D eigenvalue weighted by Gasteiger charge is 2.75. The van der Waals surface area contributed by atoms with E-state index < -0.39 is 0 Å². The lowest BCUT2D eigenvalue weighted by Gasteiger charge is -2.78. The lowest BCUT2D eigenvalue weighted by atomic mass is 9.26. The quantitative estimate of drug-likeness (QED) is 0.126. The number of rotatable bonds is 13. The van der Waals surface area contributed by atoms with E-state index >= 15 is 0 Å². The molecular weight excluding hydrogens is 737 g/mol. The van der Waals surface area contributed by atoms with Gasteiger partial charge < -0.3 is 18.9 Å². The van der Waals surface area contributed by atoms with E-state index in [1.165, 1.54) is 80.0 Å². The van der Waals surface area contributed by atoms with Crippen LogP contribution < -0.4 is 18.9 Å². The van der Waals surface area contributed by atoms with Crippen LogP contribution in [0.3, 0.4) is 0 Å². The Bertz CT molecular complexity index is 2200. The Morgan fingerprint density at radius 1 is 0.367 bits per heavy atom. The van der Waals surface area contributed by atoms with Gasteiger partial charge in [0, 0.05) is 0 Å². The van der Waals surface area contributed by atoms with E-state index in [1.807, 2.05) is 0 Å². The van der Waals surface area contributed by atoms with E-state index in [-0.39, 0.29) is 58.9 Å². The maximum absolute atomic E-state index is 5.95. The number of terminal acetylenes is 4. The Morgan fingerprint density at radius 3 is 0.950 bits per heavy atom. The van der Waals surface area contributed by atoms with Gasteiger partial charge in [-0.3, -0.25) is 0 Å². The first-order valence-electron chi connectivity index (χ1n) is 21.9. The van der Waals surface area contributed by atoms with Crippen LogP contribution in [0.25, 0.3) is 0 Å². The van der Waals surface area contributed by atoms with Crippen LogP contribution in [0.2, 0.25) is 0 Å². The first-order chi connectivity index (χ1) is 29.2. The molecule has 0 heterocycles. The zero-order valence-electron chi connectivity index (χ0n) is 34.6. The van der Waals surface area contributed by atoms with Crippen molar-refractivity contribution < 1.29 is 18.9 Å². The Hall–Kier alpha value is -5.68. The van der Waals surface area contributed by atoms with Gasteiger partial charge in [0.2, 0.25) is 0 Å². The van der Waals surface area contributed by atoms with Gasteiger partial charge in [0.25, 0.3) is 0 Å². The highest BCUT2D eigenvalue weighted by molar-refractivity contribution is 5.49. The van der Waals surface area contributed by atoms with Crippen LogP contribution in [0.15, 0.2) is 97.1 Å². The van der Waals surface area contributed by atoms with Crippen molar-refractivity contribution in [1.29, 1.82) is 0 Å². The topological polar surface area (TPSA) is 36.9 Å². The summed E-state index contributed by atoms with van der Waals surface area (Å²) in [7, 11) is 0. The van der Waals surface area contributed by atoms with E-state index in [0.29, 0.717) is 0 Å². The van der Waals surface area contributed by atoms with E-state index in [9.17, 15) is 0 Å². The first-order valence-corrected chi connectivity index (χ1v) is 21.9. The van der Waals surface area contributed by atoms with Crippen LogP contribution in [0.1, 0.15) is 99.3 Å². The molecule has 4 aromatic rings. The predicted octanol–water partition coefficient (Wildman–Crippen LogP) is 10.8. The molecule has 2 unspecified atom stereocenters. The van der Waals surface area contributed by atoms with Crippen molar-refractivity contribution in [2.24, 2.45) is 22.7 Å². The molecule has 0 radical (unpaired) electrons. The van der Waals surface area contributed by atoms with Gasteiger partial charge in [-0.05, 0) is 192 Å². The molecule has 8 aliphatic rings. The molecule has 0 spiro atoms. The molecule has 8 saturated carbocycles. The van der Waals surface area contributed by atoms with E-state index in [1.54, 1.807) is 0 Å². The summed E-state index contributed by atoms with van der Waals surface area (Å²) < 4.78 is 23.7. The van der Waals surface area contributed by atoms with E-state index in [2.05, 4.69) is 121 Å². The minimum Gasteiger partial charge on any atom is -0.481 e. The molecular formula is C56H54O4. The molecule has 0 amide bonds. The minimum absolute atomic E-state index is 0.0524. The van der Waals surface area contributed by atoms with Crippen LogP contribution >= 0.6 is 0 Å². The summed E-state index contributed by atoms with van der Waals surface area (Å²) in [6, 6.07) is 36.2. The van der Waals surface area contributed by atoms with Gasteiger partial charge in [-0.2, -0.15) is 0 Å². The lowest BCUT2D eigenvalue weighted by Crippen LogP contribution is -2.71. The van der Waals surface area contributed by atoms with Gasteiger partial charge >= 0.3 is 0 Å². The zero-order chi connectivity index (χ0) is 41.1. The fourth-order valence-electron chi connectivity index (χ4n) is 15.5. The lowest BCUT2D eigenvalue weighted by molar-refractivity contribution is -0.225. The molecule has 302 valence electrons. The van der Waals surface area contributed by atoms with Gasteiger partial charge in [0.1, 0.15) is 49.4 Å². The summed E-state index contributed by atoms with van der Waals surface area (Å²) in [4.78, 5) is 0. The fraction of sp³-hybridized carbons (Fsp3) is 0.429. The molecule has 4 aromatic carbocycles. The largest absolute Gasteiger partial charge is 0.481 e. The standard InChI is InChI=1S/C56H54O4/c1-5-25-57-47-17-9-43(10-18-47)51-30-41-29-42(31-51)33-55(32-41,37-51)56-38-52(44-11-19-48(20-12-44)58-26-6-2)34-53(39-56,45-13-21-49(22-14-45)59-27-7-3)36-54(35-52,40-56)46-15-23-50(24-16-46)60-28-8-4/h1-4,9-24,41-42H,25-40H2. The smallest absolute Gasteiger partial charge is 0.148 e. The first kappa shape index (κ1) is 38.5. The Balaban J connectivity index is 1.14. The summed E-state index contributed by atoms with van der Waals surface area (Å²) in [5.41, 5.74) is 6.10. The fourth-order valence-corrected chi connectivity index (χ4v) is 15.5. The molecule has 4 nitrogen and oxygen atoms in total. The van der Waals surface area contributed by atoms with E-state index in [4.69, 9.17) is 44.6 Å². The van der Waals surface area contributed by atoms with Crippen LogP contribution in [0.5, 0.6) is 23.0 Å². The third kappa shape index (κ3) is 6.18. The summed E-state index contributed by atoms with van der Waals surface area (Å²) in [6.07, 6.45) is 37.1. The Labute approximate surface area is 357 Å². The van der Waals surface area contributed by atoms with Gasteiger partial charge in [0.05, 0.1) is 0 Å². The molecule has 0 aliphatic heterocycles. The summed E-state index contributed by atoms with van der Waals surface area (Å²) in [6.45, 7) is 1.06. The molecule has 2 atom stereocenters. The molecule has 0 saturated heterocycles. The van der Waals surface area contributed by atoms with Gasteiger partial charge in [-0.1, -0.05) is 72.2 Å². The average Bonchev–Trinajstić information content (AvgIpc) is 3.26. The highest BCUT2D eigenvalue weighted by atomic mass is 16.5. The predicted molar refractivity (Wildman–Crippen MR) is 237 cm³/mol. The van der Waals surface area contributed by atoms with Crippen molar-refractivity contribution in [3.05, 3.63) is 119 Å². The molecule has 12 rings (SSSR count). The van der Waals surface area contributed by atoms with Gasteiger partial charge in [0.15, 0.2) is 0 Å². The van der Waals surface area contributed by atoms with Crippen LogP contribution in [-0.4, -0.2) is 26.4 Å². The second kappa shape index (κ2) is 14.5. The van der Waals surface area contributed by atoms with Crippen LogP contribution in [-0.2, 0) is 21.7 Å². The Morgan fingerprint density at radius 2 is 0.650 bits per heavy atom. The molecule has 8 bridgehead atoms. The van der Waals surface area contributed by atoms with Crippen LogP contribution in [0.4, 0.5) is 0 Å². The van der Waals surface area contributed by atoms with Gasteiger partial charge in [-0.25, -0.2) is 0 Å². The summed E-state index contributed by atoms with van der Waals surface area (Å²) >= 11 is 0. The van der Waals surface area contributed by atoms with Crippen molar-refractivity contribution in [3.8, 4) is 72.4 Å². The average molecular weight is 791 g/mol. The normalized spacial score (nSPS) is 33.8. The second-order valence-corrected chi connectivity index (χ2v) is 19.8. The maximum atomic E-state index is 5.95. The van der Waals surface area contributed by atoms with Crippen molar-refractivity contribution in [3.63, 3.8) is 0 Å². The summed E-state index contributed by atoms with van der Waals surface area (Å²) in [5, 5.41) is 0. The van der Waals surface area contributed by atoms with Crippen molar-refractivity contribution in [2.75, 3.05) is 26.4 Å². The molecule has 0 aromatic heterocycles. The number of hydrogen-bond acceptors (Lipinski definition) is 4. The zero-order valence-corrected chi connectivity index (χ0v) is 34.6. The molecule has 4 heteroatoms. The maximum Gasteiger partial charge on any atom is 0.148 e. The third-order valence-electron chi connectivity index (χ3n) is 16.4. The number of ether oxygens (including phenoxy) is 4. The molecule has 60 heavy (non-hydrogen) atoms. The summed E-state index contributed by atoms with van der Waals surface area (Å²) in [5.74, 6) is 15.3. The monoisotopic (exact) mass is 790 g/mol.